The molecule has 108 valence electrons. The minimum Gasteiger partial charge on any atom is -0.271 e. The maximum Gasteiger partial charge on any atom is 0.0947 e. The fourth-order valence-corrected chi connectivity index (χ4v) is 4.04. The topological polar surface area (TPSA) is 50.9 Å². The van der Waals surface area contributed by atoms with Crippen LogP contribution in [-0.2, 0) is 6.42 Å². The van der Waals surface area contributed by atoms with E-state index >= 15 is 0 Å². The summed E-state index contributed by atoms with van der Waals surface area (Å²) < 4.78 is 0. The molecule has 3 nitrogen and oxygen atoms in total. The lowest BCUT2D eigenvalue weighted by atomic mass is 10.2. The molecule has 1 aromatic carbocycles. The van der Waals surface area contributed by atoms with Gasteiger partial charge in [0.25, 0.3) is 0 Å². The minimum absolute atomic E-state index is 0.182. The molecule has 1 heterocycles. The van der Waals surface area contributed by atoms with Gasteiger partial charge in [0.2, 0.25) is 0 Å². The zero-order valence-corrected chi connectivity index (χ0v) is 13.9. The number of aromatic nitrogens is 1. The highest BCUT2D eigenvalue weighted by atomic mass is 35.5. The molecule has 0 aliphatic rings. The van der Waals surface area contributed by atoms with Crippen molar-refractivity contribution in [2.75, 3.05) is 5.75 Å². The van der Waals surface area contributed by atoms with Crippen molar-refractivity contribution in [2.24, 2.45) is 5.84 Å². The quantitative estimate of drug-likeness (QED) is 0.484. The molecule has 0 amide bonds. The first-order valence-electron chi connectivity index (χ1n) is 6.36. The van der Waals surface area contributed by atoms with E-state index < -0.39 is 0 Å². The lowest BCUT2D eigenvalue weighted by Crippen LogP contribution is -2.38. The number of nitrogens with zero attached hydrogens (tertiary/aromatic N) is 1. The third-order valence-corrected chi connectivity index (χ3v) is 5.78. The second-order valence-corrected chi connectivity index (χ2v) is 7.32. The number of nitrogens with two attached hydrogens (primary N) is 1. The average Bonchev–Trinajstić information content (AvgIpc) is 2.75. The third kappa shape index (κ3) is 4.20. The van der Waals surface area contributed by atoms with E-state index in [1.807, 2.05) is 31.2 Å². The number of halogens is 1. The van der Waals surface area contributed by atoms with Crippen LogP contribution in [0.1, 0.15) is 15.6 Å². The summed E-state index contributed by atoms with van der Waals surface area (Å²) in [7, 11) is 0. The Kier molecular flexibility index (Phi) is 5.86. The van der Waals surface area contributed by atoms with Crippen LogP contribution >= 0.6 is 34.7 Å². The minimum atomic E-state index is 0.182. The number of nitrogens with one attached hydrogen (secondary N) is 1. The van der Waals surface area contributed by atoms with Crippen LogP contribution in [0, 0.1) is 13.8 Å². The molecule has 0 saturated carbocycles. The Labute approximate surface area is 132 Å². The van der Waals surface area contributed by atoms with E-state index in [-0.39, 0.29) is 6.04 Å². The van der Waals surface area contributed by atoms with E-state index in [1.165, 1.54) is 4.88 Å². The summed E-state index contributed by atoms with van der Waals surface area (Å²) in [6.45, 7) is 4.14. The van der Waals surface area contributed by atoms with Gasteiger partial charge in [-0.1, -0.05) is 23.7 Å². The van der Waals surface area contributed by atoms with Crippen LogP contribution in [0.25, 0.3) is 0 Å². The third-order valence-electron chi connectivity index (χ3n) is 3.01. The van der Waals surface area contributed by atoms with Crippen molar-refractivity contribution in [1.29, 1.82) is 0 Å². The first-order chi connectivity index (χ1) is 9.60. The Morgan fingerprint density at radius 3 is 2.75 bits per heavy atom. The molecule has 2 rings (SSSR count). The van der Waals surface area contributed by atoms with Gasteiger partial charge >= 0.3 is 0 Å². The lowest BCUT2D eigenvalue weighted by Gasteiger charge is -2.14. The molecular weight excluding hydrogens is 310 g/mol. The monoisotopic (exact) mass is 327 g/mol. The summed E-state index contributed by atoms with van der Waals surface area (Å²) in [6.07, 6.45) is 0.841. The first kappa shape index (κ1) is 15.8. The van der Waals surface area contributed by atoms with Crippen LogP contribution in [0.2, 0.25) is 5.02 Å². The Bertz CT molecular complexity index is 552. The zero-order valence-electron chi connectivity index (χ0n) is 11.5. The molecule has 1 aromatic heterocycles. The van der Waals surface area contributed by atoms with Crippen LogP contribution in [0.5, 0.6) is 0 Å². The summed E-state index contributed by atoms with van der Waals surface area (Å²) in [5.41, 5.74) is 3.98. The predicted molar refractivity (Wildman–Crippen MR) is 88.6 cm³/mol. The largest absolute Gasteiger partial charge is 0.271 e. The van der Waals surface area contributed by atoms with Crippen molar-refractivity contribution in [3.05, 3.63) is 44.9 Å². The van der Waals surface area contributed by atoms with E-state index in [1.54, 1.807) is 23.1 Å². The zero-order chi connectivity index (χ0) is 14.5. The van der Waals surface area contributed by atoms with E-state index in [4.69, 9.17) is 17.4 Å². The van der Waals surface area contributed by atoms with Crippen LogP contribution in [0.4, 0.5) is 0 Å². The van der Waals surface area contributed by atoms with Gasteiger partial charge < -0.3 is 0 Å². The summed E-state index contributed by atoms with van der Waals surface area (Å²) in [5, 5.41) is 1.91. The molecule has 0 radical (unpaired) electrons. The number of thioether (sulfide) groups is 1. The number of hydrazine groups is 1. The van der Waals surface area contributed by atoms with E-state index in [0.29, 0.717) is 0 Å². The van der Waals surface area contributed by atoms with Gasteiger partial charge in [0, 0.05) is 28.0 Å². The van der Waals surface area contributed by atoms with Gasteiger partial charge in [0.1, 0.15) is 0 Å². The van der Waals surface area contributed by atoms with Crippen molar-refractivity contribution in [1.82, 2.24) is 10.4 Å². The average molecular weight is 328 g/mol. The van der Waals surface area contributed by atoms with Gasteiger partial charge in [0.05, 0.1) is 15.7 Å². The first-order valence-corrected chi connectivity index (χ1v) is 8.54. The van der Waals surface area contributed by atoms with Crippen molar-refractivity contribution >= 4 is 34.7 Å². The number of rotatable bonds is 6. The normalized spacial score (nSPS) is 12.6. The van der Waals surface area contributed by atoms with Gasteiger partial charge in [0.15, 0.2) is 0 Å². The maximum absolute atomic E-state index is 6.15. The van der Waals surface area contributed by atoms with Gasteiger partial charge in [-0.25, -0.2) is 4.98 Å². The van der Waals surface area contributed by atoms with Crippen LogP contribution in [0.3, 0.4) is 0 Å². The maximum atomic E-state index is 6.15. The molecule has 0 fully saturated rings. The summed E-state index contributed by atoms with van der Waals surface area (Å²) in [5.74, 6) is 6.51. The van der Waals surface area contributed by atoms with Gasteiger partial charge in [-0.3, -0.25) is 11.3 Å². The molecule has 2 aromatic rings. The Morgan fingerprint density at radius 2 is 2.15 bits per heavy atom. The summed E-state index contributed by atoms with van der Waals surface area (Å²) in [4.78, 5) is 6.92. The lowest BCUT2D eigenvalue weighted by molar-refractivity contribution is 0.574. The second kappa shape index (κ2) is 7.43. The van der Waals surface area contributed by atoms with Gasteiger partial charge in [-0.15, -0.1) is 23.1 Å². The molecule has 0 aliphatic carbocycles. The molecule has 6 heteroatoms. The summed E-state index contributed by atoms with van der Waals surface area (Å²) >= 11 is 9.61. The number of hydrogen-bond donors (Lipinski definition) is 2. The highest BCUT2D eigenvalue weighted by Crippen LogP contribution is 2.27. The summed E-state index contributed by atoms with van der Waals surface area (Å²) in [6, 6.07) is 8.04. The van der Waals surface area contributed by atoms with Crippen molar-refractivity contribution in [2.45, 2.75) is 31.2 Å². The predicted octanol–water partition coefficient (Wildman–Crippen LogP) is 3.58. The Hall–Kier alpha value is -0.590. The van der Waals surface area contributed by atoms with Crippen molar-refractivity contribution in [3.8, 4) is 0 Å². The van der Waals surface area contributed by atoms with Crippen LogP contribution < -0.4 is 11.3 Å². The molecule has 0 bridgehead atoms. The SMILES string of the molecule is Cc1nc(CC(CSc2ccccc2Cl)NN)sc1C. The number of aryl methyl sites for hydroxylation is 2. The van der Waals surface area contributed by atoms with E-state index in [2.05, 4.69) is 17.3 Å². The Balaban J connectivity index is 1.94. The highest BCUT2D eigenvalue weighted by Gasteiger charge is 2.13. The highest BCUT2D eigenvalue weighted by molar-refractivity contribution is 7.99. The molecule has 0 aliphatic heterocycles. The standard InChI is InChI=1S/C14H18ClN3S2/c1-9-10(2)20-14(17-9)7-11(18-16)8-19-13-6-4-3-5-12(13)15/h3-6,11,18H,7-8,16H2,1-2H3. The number of hydrogen-bond acceptors (Lipinski definition) is 5. The number of thiazole rings is 1. The van der Waals surface area contributed by atoms with Crippen molar-refractivity contribution < 1.29 is 0 Å². The van der Waals surface area contributed by atoms with Gasteiger partial charge in [-0.05, 0) is 26.0 Å². The van der Waals surface area contributed by atoms with Crippen LogP contribution in [-0.4, -0.2) is 16.8 Å². The van der Waals surface area contributed by atoms with Crippen molar-refractivity contribution in [3.63, 3.8) is 0 Å². The molecule has 0 spiro atoms. The molecule has 20 heavy (non-hydrogen) atoms. The Morgan fingerprint density at radius 1 is 1.40 bits per heavy atom. The van der Waals surface area contributed by atoms with Gasteiger partial charge in [-0.2, -0.15) is 0 Å². The molecule has 1 atom stereocenters. The molecule has 1 unspecified atom stereocenters. The van der Waals surface area contributed by atoms with E-state index in [9.17, 15) is 0 Å². The van der Waals surface area contributed by atoms with E-state index in [0.717, 1.165) is 32.8 Å². The smallest absolute Gasteiger partial charge is 0.0947 e. The van der Waals surface area contributed by atoms with Crippen LogP contribution in [0.15, 0.2) is 29.2 Å². The molecule has 3 N–H and O–H groups in total. The fraction of sp³-hybridized carbons (Fsp3) is 0.357. The number of benzene rings is 1. The second-order valence-electron chi connectivity index (χ2n) is 4.56. The molecular formula is C14H18ClN3S2. The molecule has 0 saturated heterocycles. The fourth-order valence-electron chi connectivity index (χ4n) is 1.76.